The minimum atomic E-state index is 0.186. The van der Waals surface area contributed by atoms with E-state index in [1.165, 1.54) is 5.69 Å². The van der Waals surface area contributed by atoms with Crippen molar-refractivity contribution in [2.45, 2.75) is 26.8 Å². The number of pyridine rings is 1. The smallest absolute Gasteiger partial charge is 0.106 e. The lowest BCUT2D eigenvalue weighted by Crippen LogP contribution is -2.48. The molecule has 1 aliphatic heterocycles. The van der Waals surface area contributed by atoms with Crippen molar-refractivity contribution in [2.75, 3.05) is 26.2 Å². The Morgan fingerprint density at radius 1 is 1.28 bits per heavy atom. The predicted molar refractivity (Wildman–Crippen MR) is 78.6 cm³/mol. The molecule has 18 heavy (non-hydrogen) atoms. The molecule has 0 amide bonds. The first-order chi connectivity index (χ1) is 8.48. The van der Waals surface area contributed by atoms with E-state index >= 15 is 0 Å². The number of aromatic nitrogens is 1. The molecule has 100 valence electrons. The van der Waals surface area contributed by atoms with Crippen molar-refractivity contribution < 1.29 is 0 Å². The van der Waals surface area contributed by atoms with Crippen LogP contribution in [0, 0.1) is 5.41 Å². The maximum absolute atomic E-state index is 4.67. The van der Waals surface area contributed by atoms with Crippen molar-refractivity contribution in [3.05, 3.63) is 28.5 Å². The predicted octanol–water partition coefficient (Wildman–Crippen LogP) is 2.84. The zero-order chi connectivity index (χ0) is 13.2. The summed E-state index contributed by atoms with van der Waals surface area (Å²) in [5, 5.41) is 3.41. The van der Waals surface area contributed by atoms with Crippen LogP contribution in [0.4, 0.5) is 0 Å². The van der Waals surface area contributed by atoms with Crippen LogP contribution >= 0.6 is 15.9 Å². The second-order valence-corrected chi connectivity index (χ2v) is 6.75. The van der Waals surface area contributed by atoms with E-state index in [0.717, 1.165) is 30.8 Å². The van der Waals surface area contributed by atoms with Crippen LogP contribution in [0.15, 0.2) is 22.8 Å². The summed E-state index contributed by atoms with van der Waals surface area (Å²) >= 11 is 3.48. The van der Waals surface area contributed by atoms with Gasteiger partial charge in [0.15, 0.2) is 0 Å². The van der Waals surface area contributed by atoms with Crippen molar-refractivity contribution in [2.24, 2.45) is 5.41 Å². The molecular formula is C14H22BrN3. The molecule has 0 unspecified atom stereocenters. The van der Waals surface area contributed by atoms with Gasteiger partial charge in [-0.25, -0.2) is 4.98 Å². The lowest BCUT2D eigenvalue weighted by molar-refractivity contribution is 0.0830. The summed E-state index contributed by atoms with van der Waals surface area (Å²) in [6.07, 6.45) is 0. The van der Waals surface area contributed by atoms with Crippen LogP contribution in [0.5, 0.6) is 0 Å². The zero-order valence-corrected chi connectivity index (χ0v) is 13.0. The quantitative estimate of drug-likeness (QED) is 0.851. The highest BCUT2D eigenvalue weighted by atomic mass is 79.9. The second kappa shape index (κ2) is 5.68. The van der Waals surface area contributed by atoms with Crippen LogP contribution in [0.3, 0.4) is 0 Å². The summed E-state index contributed by atoms with van der Waals surface area (Å²) in [4.78, 5) is 7.22. The first kappa shape index (κ1) is 14.0. The Bertz CT molecular complexity index is 394. The van der Waals surface area contributed by atoms with Gasteiger partial charge in [-0.2, -0.15) is 0 Å². The van der Waals surface area contributed by atoms with Crippen LogP contribution in [-0.2, 0) is 0 Å². The van der Waals surface area contributed by atoms with Gasteiger partial charge in [0, 0.05) is 26.2 Å². The Balaban J connectivity index is 2.30. The monoisotopic (exact) mass is 311 g/mol. The number of halogens is 1. The minimum Gasteiger partial charge on any atom is -0.314 e. The molecule has 0 aromatic carbocycles. The van der Waals surface area contributed by atoms with E-state index in [2.05, 4.69) is 64.0 Å². The molecule has 1 aliphatic rings. The average molecular weight is 312 g/mol. The van der Waals surface area contributed by atoms with E-state index in [1.54, 1.807) is 0 Å². The molecule has 1 atom stereocenters. The van der Waals surface area contributed by atoms with Gasteiger partial charge < -0.3 is 5.32 Å². The Hall–Kier alpha value is -0.450. The summed E-state index contributed by atoms with van der Waals surface area (Å²) in [6, 6.07) is 6.58. The third kappa shape index (κ3) is 3.31. The fourth-order valence-corrected chi connectivity index (χ4v) is 3.05. The highest BCUT2D eigenvalue weighted by Gasteiger charge is 2.33. The minimum absolute atomic E-state index is 0.186. The average Bonchev–Trinajstić information content (AvgIpc) is 2.28. The number of nitrogens with zero attached hydrogens (tertiary/aromatic N) is 2. The Labute approximate surface area is 118 Å². The number of nitrogens with one attached hydrogen (secondary N) is 1. The molecule has 1 fully saturated rings. The third-order valence-electron chi connectivity index (χ3n) is 3.35. The normalized spacial score (nSPS) is 19.8. The zero-order valence-electron chi connectivity index (χ0n) is 11.4. The summed E-state index contributed by atoms with van der Waals surface area (Å²) in [7, 11) is 0. The molecule has 4 heteroatoms. The molecule has 1 saturated heterocycles. The number of piperazine rings is 1. The number of hydrogen-bond acceptors (Lipinski definition) is 3. The van der Waals surface area contributed by atoms with E-state index < -0.39 is 0 Å². The molecule has 0 radical (unpaired) electrons. The largest absolute Gasteiger partial charge is 0.314 e. The SMILES string of the molecule is CC(C)(C)[C@H](c1cccc(Br)n1)N1CCNCC1. The van der Waals surface area contributed by atoms with E-state index in [-0.39, 0.29) is 5.41 Å². The van der Waals surface area contributed by atoms with Gasteiger partial charge in [-0.3, -0.25) is 4.90 Å². The summed E-state index contributed by atoms with van der Waals surface area (Å²) < 4.78 is 0.921. The third-order valence-corrected chi connectivity index (χ3v) is 3.80. The molecule has 1 aromatic rings. The first-order valence-electron chi connectivity index (χ1n) is 6.56. The molecular weight excluding hydrogens is 290 g/mol. The van der Waals surface area contributed by atoms with Crippen LogP contribution in [-0.4, -0.2) is 36.1 Å². The maximum Gasteiger partial charge on any atom is 0.106 e. The maximum atomic E-state index is 4.67. The highest BCUT2D eigenvalue weighted by Crippen LogP contribution is 2.37. The number of rotatable bonds is 2. The van der Waals surface area contributed by atoms with Gasteiger partial charge in [-0.1, -0.05) is 26.8 Å². The van der Waals surface area contributed by atoms with Crippen LogP contribution in [0.1, 0.15) is 32.5 Å². The fourth-order valence-electron chi connectivity index (χ4n) is 2.70. The second-order valence-electron chi connectivity index (χ2n) is 5.94. The van der Waals surface area contributed by atoms with E-state index in [4.69, 9.17) is 0 Å². The fraction of sp³-hybridized carbons (Fsp3) is 0.643. The van der Waals surface area contributed by atoms with Gasteiger partial charge in [0.2, 0.25) is 0 Å². The molecule has 0 saturated carbocycles. The molecule has 2 heterocycles. The molecule has 0 aliphatic carbocycles. The lowest BCUT2D eigenvalue weighted by atomic mass is 9.83. The summed E-state index contributed by atoms with van der Waals surface area (Å²) in [6.45, 7) is 11.2. The van der Waals surface area contributed by atoms with Gasteiger partial charge in [-0.05, 0) is 33.5 Å². The molecule has 2 rings (SSSR count). The van der Waals surface area contributed by atoms with Crippen molar-refractivity contribution in [1.82, 2.24) is 15.2 Å². The van der Waals surface area contributed by atoms with Crippen molar-refractivity contribution >= 4 is 15.9 Å². The summed E-state index contributed by atoms with van der Waals surface area (Å²) in [5.41, 5.74) is 1.35. The Kier molecular flexibility index (Phi) is 4.41. The standard InChI is InChI=1S/C14H22BrN3/c1-14(2,3)13(18-9-7-16-8-10-18)11-5-4-6-12(15)17-11/h4-6,13,16H,7-10H2,1-3H3/t13-/m0/s1. The van der Waals surface area contributed by atoms with Crippen molar-refractivity contribution in [3.63, 3.8) is 0 Å². The Morgan fingerprint density at radius 3 is 2.50 bits per heavy atom. The molecule has 0 bridgehead atoms. The van der Waals surface area contributed by atoms with E-state index in [9.17, 15) is 0 Å². The van der Waals surface area contributed by atoms with Gasteiger partial charge in [-0.15, -0.1) is 0 Å². The lowest BCUT2D eigenvalue weighted by Gasteiger charge is -2.42. The molecule has 1 N–H and O–H groups in total. The van der Waals surface area contributed by atoms with E-state index in [0.29, 0.717) is 6.04 Å². The van der Waals surface area contributed by atoms with Crippen molar-refractivity contribution in [3.8, 4) is 0 Å². The first-order valence-corrected chi connectivity index (χ1v) is 7.35. The van der Waals surface area contributed by atoms with Crippen LogP contribution in [0.25, 0.3) is 0 Å². The topological polar surface area (TPSA) is 28.2 Å². The highest BCUT2D eigenvalue weighted by molar-refractivity contribution is 9.10. The molecule has 0 spiro atoms. The van der Waals surface area contributed by atoms with Crippen LogP contribution in [0.2, 0.25) is 0 Å². The molecule has 1 aromatic heterocycles. The number of hydrogen-bond donors (Lipinski definition) is 1. The van der Waals surface area contributed by atoms with E-state index in [1.807, 2.05) is 6.07 Å². The molecule has 3 nitrogen and oxygen atoms in total. The van der Waals surface area contributed by atoms with Gasteiger partial charge in [0.05, 0.1) is 11.7 Å². The van der Waals surface area contributed by atoms with Crippen LogP contribution < -0.4 is 5.32 Å². The Morgan fingerprint density at radius 2 is 1.94 bits per heavy atom. The van der Waals surface area contributed by atoms with Gasteiger partial charge >= 0.3 is 0 Å². The summed E-state index contributed by atoms with van der Waals surface area (Å²) in [5.74, 6) is 0. The van der Waals surface area contributed by atoms with Gasteiger partial charge in [0.25, 0.3) is 0 Å². The van der Waals surface area contributed by atoms with Crippen molar-refractivity contribution in [1.29, 1.82) is 0 Å². The van der Waals surface area contributed by atoms with Gasteiger partial charge in [0.1, 0.15) is 4.60 Å².